The molecule has 1 aliphatic heterocycles. The molecule has 3 aromatic carbocycles. The molecule has 0 amide bonds. The van der Waals surface area contributed by atoms with Gasteiger partial charge >= 0.3 is 0 Å². The van der Waals surface area contributed by atoms with Crippen LogP contribution in [0.3, 0.4) is 0 Å². The zero-order chi connectivity index (χ0) is 21.5. The van der Waals surface area contributed by atoms with Crippen LogP contribution < -0.4 is 9.46 Å². The summed E-state index contributed by atoms with van der Waals surface area (Å²) in [6.45, 7) is 3.13. The fourth-order valence-corrected chi connectivity index (χ4v) is 5.22. The first-order valence-electron chi connectivity index (χ1n) is 10.7. The van der Waals surface area contributed by atoms with Crippen molar-refractivity contribution in [3.8, 4) is 16.9 Å². The fraction of sp³-hybridized carbons (Fsp3) is 0.280. The summed E-state index contributed by atoms with van der Waals surface area (Å²) in [4.78, 5) is 2.65. The second-order valence-electron chi connectivity index (χ2n) is 7.76. The van der Waals surface area contributed by atoms with Gasteiger partial charge in [-0.3, -0.25) is 4.90 Å². The van der Waals surface area contributed by atoms with E-state index < -0.39 is 10.0 Å². The lowest BCUT2D eigenvalue weighted by Crippen LogP contribution is -2.45. The smallest absolute Gasteiger partial charge is 0.240 e. The molecule has 4 rings (SSSR count). The third kappa shape index (κ3) is 5.73. The highest BCUT2D eigenvalue weighted by Crippen LogP contribution is 2.29. The highest BCUT2D eigenvalue weighted by Gasteiger charge is 2.24. The van der Waals surface area contributed by atoms with Gasteiger partial charge in [-0.15, -0.1) is 0 Å². The topological polar surface area (TPSA) is 58.6 Å². The molecule has 0 aromatic heterocycles. The van der Waals surface area contributed by atoms with Crippen molar-refractivity contribution in [3.63, 3.8) is 0 Å². The molecule has 0 saturated carbocycles. The summed E-state index contributed by atoms with van der Waals surface area (Å²) in [7, 11) is -3.45. The normalized spacial score (nSPS) is 15.6. The SMILES string of the molecule is O=S(=O)(NC1CCN(CCOc2ccccc2-c2ccccc2)CC1)c1ccccc1. The van der Waals surface area contributed by atoms with Gasteiger partial charge in [0.25, 0.3) is 0 Å². The van der Waals surface area contributed by atoms with Gasteiger partial charge in [0.15, 0.2) is 0 Å². The maximum absolute atomic E-state index is 12.5. The van der Waals surface area contributed by atoms with Crippen molar-refractivity contribution >= 4 is 10.0 Å². The van der Waals surface area contributed by atoms with Crippen LogP contribution >= 0.6 is 0 Å². The molecule has 1 heterocycles. The van der Waals surface area contributed by atoms with Crippen LogP contribution in [0.2, 0.25) is 0 Å². The van der Waals surface area contributed by atoms with Gasteiger partial charge in [-0.05, 0) is 49.7 Å². The summed E-state index contributed by atoms with van der Waals surface area (Å²) in [5, 5.41) is 0. The zero-order valence-electron chi connectivity index (χ0n) is 17.5. The van der Waals surface area contributed by atoms with Crippen LogP contribution in [-0.4, -0.2) is 45.6 Å². The molecular formula is C25H28N2O3S. The van der Waals surface area contributed by atoms with Gasteiger partial charge in [-0.25, -0.2) is 13.1 Å². The Bertz CT molecular complexity index is 1060. The van der Waals surface area contributed by atoms with Crippen molar-refractivity contribution < 1.29 is 13.2 Å². The van der Waals surface area contributed by atoms with Crippen LogP contribution in [-0.2, 0) is 10.0 Å². The molecule has 1 fully saturated rings. The van der Waals surface area contributed by atoms with E-state index in [0.717, 1.165) is 49.4 Å². The molecule has 1 N–H and O–H groups in total. The van der Waals surface area contributed by atoms with E-state index >= 15 is 0 Å². The van der Waals surface area contributed by atoms with Gasteiger partial charge in [0.2, 0.25) is 10.0 Å². The first kappa shape index (κ1) is 21.6. The molecule has 162 valence electrons. The number of para-hydroxylation sites is 1. The predicted molar refractivity (Wildman–Crippen MR) is 124 cm³/mol. The van der Waals surface area contributed by atoms with E-state index in [2.05, 4.69) is 27.8 Å². The van der Waals surface area contributed by atoms with Crippen molar-refractivity contribution in [1.29, 1.82) is 0 Å². The Morgan fingerprint density at radius 2 is 1.45 bits per heavy atom. The molecule has 0 atom stereocenters. The number of likely N-dealkylation sites (tertiary alicyclic amines) is 1. The van der Waals surface area contributed by atoms with Gasteiger partial charge in [-0.1, -0.05) is 66.7 Å². The first-order chi connectivity index (χ1) is 15.1. The summed E-state index contributed by atoms with van der Waals surface area (Å²) in [6.07, 6.45) is 1.60. The lowest BCUT2D eigenvalue weighted by atomic mass is 10.1. The van der Waals surface area contributed by atoms with E-state index in [-0.39, 0.29) is 6.04 Å². The number of rotatable bonds is 8. The minimum atomic E-state index is -3.45. The highest BCUT2D eigenvalue weighted by atomic mass is 32.2. The lowest BCUT2D eigenvalue weighted by Gasteiger charge is -2.32. The Hall–Kier alpha value is -2.67. The van der Waals surface area contributed by atoms with E-state index in [1.54, 1.807) is 24.3 Å². The number of hydrogen-bond acceptors (Lipinski definition) is 4. The Morgan fingerprint density at radius 3 is 2.16 bits per heavy atom. The van der Waals surface area contributed by atoms with Crippen molar-refractivity contribution in [2.75, 3.05) is 26.2 Å². The lowest BCUT2D eigenvalue weighted by molar-refractivity contribution is 0.171. The Labute approximate surface area is 184 Å². The molecule has 31 heavy (non-hydrogen) atoms. The van der Waals surface area contributed by atoms with Crippen LogP contribution in [0.1, 0.15) is 12.8 Å². The van der Waals surface area contributed by atoms with Crippen LogP contribution in [0.4, 0.5) is 0 Å². The van der Waals surface area contributed by atoms with Gasteiger partial charge in [0, 0.05) is 18.2 Å². The van der Waals surface area contributed by atoms with Crippen LogP contribution in [0.15, 0.2) is 89.8 Å². The molecule has 1 aliphatic rings. The Balaban J connectivity index is 1.26. The number of nitrogens with one attached hydrogen (secondary N) is 1. The summed E-state index contributed by atoms with van der Waals surface area (Å²) >= 11 is 0. The van der Waals surface area contributed by atoms with Gasteiger partial charge < -0.3 is 4.74 Å². The molecule has 3 aromatic rings. The molecule has 1 saturated heterocycles. The summed E-state index contributed by atoms with van der Waals surface area (Å²) in [5.41, 5.74) is 2.24. The maximum Gasteiger partial charge on any atom is 0.240 e. The first-order valence-corrected chi connectivity index (χ1v) is 12.2. The minimum absolute atomic E-state index is 0.0267. The molecular weight excluding hydrogens is 408 g/mol. The highest BCUT2D eigenvalue weighted by molar-refractivity contribution is 7.89. The molecule has 0 bridgehead atoms. The molecule has 6 heteroatoms. The second kappa shape index (κ2) is 10.1. The second-order valence-corrected chi connectivity index (χ2v) is 9.47. The molecule has 0 spiro atoms. The fourth-order valence-electron chi connectivity index (χ4n) is 3.89. The molecule has 0 radical (unpaired) electrons. The Morgan fingerprint density at radius 1 is 0.839 bits per heavy atom. The van der Waals surface area contributed by atoms with Crippen LogP contribution in [0, 0.1) is 0 Å². The van der Waals surface area contributed by atoms with E-state index in [9.17, 15) is 8.42 Å². The molecule has 0 unspecified atom stereocenters. The standard InChI is InChI=1S/C25H28N2O3S/c28-31(29,23-11-5-2-6-12-23)26-22-15-17-27(18-16-22)19-20-30-25-14-8-7-13-24(25)21-9-3-1-4-10-21/h1-14,22,26H,15-20H2. The van der Waals surface area contributed by atoms with E-state index in [1.165, 1.54) is 0 Å². The van der Waals surface area contributed by atoms with Gasteiger partial charge in [0.1, 0.15) is 12.4 Å². The van der Waals surface area contributed by atoms with Crippen molar-refractivity contribution in [1.82, 2.24) is 9.62 Å². The molecule has 5 nitrogen and oxygen atoms in total. The van der Waals surface area contributed by atoms with E-state index in [1.807, 2.05) is 42.5 Å². The summed E-state index contributed by atoms with van der Waals surface area (Å²) < 4.78 is 34.0. The molecule has 0 aliphatic carbocycles. The third-order valence-electron chi connectivity index (χ3n) is 5.60. The predicted octanol–water partition coefficient (Wildman–Crippen LogP) is 4.18. The van der Waals surface area contributed by atoms with Crippen LogP contribution in [0.25, 0.3) is 11.1 Å². The van der Waals surface area contributed by atoms with Crippen LogP contribution in [0.5, 0.6) is 5.75 Å². The van der Waals surface area contributed by atoms with Gasteiger partial charge in [0.05, 0.1) is 4.90 Å². The number of hydrogen-bond donors (Lipinski definition) is 1. The summed E-state index contributed by atoms with van der Waals surface area (Å²) in [5.74, 6) is 0.888. The monoisotopic (exact) mass is 436 g/mol. The number of benzene rings is 3. The van der Waals surface area contributed by atoms with Gasteiger partial charge in [-0.2, -0.15) is 0 Å². The quantitative estimate of drug-likeness (QED) is 0.576. The number of sulfonamides is 1. The Kier molecular flexibility index (Phi) is 7.02. The van der Waals surface area contributed by atoms with E-state index in [4.69, 9.17) is 4.74 Å². The van der Waals surface area contributed by atoms with E-state index in [0.29, 0.717) is 11.5 Å². The number of ether oxygens (including phenoxy) is 1. The average Bonchev–Trinajstić information content (AvgIpc) is 2.81. The maximum atomic E-state index is 12.5. The summed E-state index contributed by atoms with van der Waals surface area (Å²) in [6, 6.07) is 26.9. The van der Waals surface area contributed by atoms with Crippen molar-refractivity contribution in [3.05, 3.63) is 84.9 Å². The van der Waals surface area contributed by atoms with Crippen molar-refractivity contribution in [2.45, 2.75) is 23.8 Å². The largest absolute Gasteiger partial charge is 0.492 e. The minimum Gasteiger partial charge on any atom is -0.492 e. The average molecular weight is 437 g/mol. The third-order valence-corrected chi connectivity index (χ3v) is 7.14. The van der Waals surface area contributed by atoms with Crippen molar-refractivity contribution in [2.24, 2.45) is 0 Å². The number of piperidine rings is 1. The zero-order valence-corrected chi connectivity index (χ0v) is 18.3. The number of nitrogens with zero attached hydrogens (tertiary/aromatic N) is 1.